The van der Waals surface area contributed by atoms with Crippen molar-refractivity contribution < 1.29 is 13.2 Å². The Balaban J connectivity index is 3.29. The van der Waals surface area contributed by atoms with Gasteiger partial charge < -0.3 is 10.3 Å². The molecule has 0 saturated carbocycles. The van der Waals surface area contributed by atoms with Gasteiger partial charge in [0.25, 0.3) is 5.91 Å². The van der Waals surface area contributed by atoms with E-state index in [9.17, 15) is 13.2 Å². The van der Waals surface area contributed by atoms with Gasteiger partial charge >= 0.3 is 0 Å². The van der Waals surface area contributed by atoms with Gasteiger partial charge in [0.05, 0.1) is 0 Å². The number of carbonyl (C=O) groups is 1. The van der Waals surface area contributed by atoms with Gasteiger partial charge in [-0.3, -0.25) is 4.79 Å². The van der Waals surface area contributed by atoms with Crippen LogP contribution in [0.4, 0.5) is 0 Å². The fourth-order valence-electron chi connectivity index (χ4n) is 1.39. The van der Waals surface area contributed by atoms with Crippen LogP contribution in [0.2, 0.25) is 0 Å². The first kappa shape index (κ1) is 12.7. The molecule has 16 heavy (non-hydrogen) atoms. The highest BCUT2D eigenvalue weighted by Gasteiger charge is 2.24. The topological polar surface area (TPSA) is 94.2 Å². The number of carbonyl (C=O) groups excluding carboxylic acids is 1. The summed E-state index contributed by atoms with van der Waals surface area (Å²) in [5.41, 5.74) is 5.12. The molecule has 0 atom stereocenters. The van der Waals surface area contributed by atoms with Gasteiger partial charge in [0, 0.05) is 19.3 Å². The lowest BCUT2D eigenvalue weighted by Crippen LogP contribution is -2.32. The minimum atomic E-state index is -3.69. The van der Waals surface area contributed by atoms with E-state index >= 15 is 0 Å². The minimum absolute atomic E-state index is 0.0202. The Morgan fingerprint density at radius 1 is 1.50 bits per heavy atom. The first-order valence-electron chi connectivity index (χ1n) is 4.73. The van der Waals surface area contributed by atoms with Crippen LogP contribution in [-0.4, -0.2) is 24.9 Å². The van der Waals surface area contributed by atoms with Crippen LogP contribution in [0.3, 0.4) is 0 Å². The van der Waals surface area contributed by atoms with Crippen molar-refractivity contribution in [1.29, 1.82) is 0 Å². The molecule has 1 heterocycles. The third-order valence-corrected chi connectivity index (χ3v) is 3.64. The predicted octanol–water partition coefficient (Wildman–Crippen LogP) is -0.189. The van der Waals surface area contributed by atoms with E-state index in [1.165, 1.54) is 16.8 Å². The summed E-state index contributed by atoms with van der Waals surface area (Å²) in [5.74, 6) is -0.767. The predicted molar refractivity (Wildman–Crippen MR) is 59.4 cm³/mol. The first-order valence-corrected chi connectivity index (χ1v) is 6.21. The van der Waals surface area contributed by atoms with Crippen LogP contribution >= 0.6 is 0 Å². The lowest BCUT2D eigenvalue weighted by Gasteiger charge is -2.09. The largest absolute Gasteiger partial charge is 0.364 e. The summed E-state index contributed by atoms with van der Waals surface area (Å²) < 4.78 is 27.5. The van der Waals surface area contributed by atoms with Crippen LogP contribution in [0.15, 0.2) is 17.2 Å². The number of sulfonamides is 1. The number of nitrogens with one attached hydrogen (secondary N) is 1. The van der Waals surface area contributed by atoms with Crippen molar-refractivity contribution in [3.05, 3.63) is 18.0 Å². The summed E-state index contributed by atoms with van der Waals surface area (Å²) in [4.78, 5) is 11.1. The van der Waals surface area contributed by atoms with Gasteiger partial charge in [-0.25, -0.2) is 13.1 Å². The van der Waals surface area contributed by atoms with E-state index in [-0.39, 0.29) is 16.6 Å². The van der Waals surface area contributed by atoms with Gasteiger partial charge in [-0.15, -0.1) is 0 Å². The molecular weight excluding hydrogens is 230 g/mol. The molecule has 6 nitrogen and oxygen atoms in total. The van der Waals surface area contributed by atoms with Crippen LogP contribution in [0.5, 0.6) is 0 Å². The van der Waals surface area contributed by atoms with Crippen molar-refractivity contribution in [1.82, 2.24) is 9.29 Å². The van der Waals surface area contributed by atoms with Crippen LogP contribution in [0.25, 0.3) is 0 Å². The maximum atomic E-state index is 11.8. The summed E-state index contributed by atoms with van der Waals surface area (Å²) in [5, 5.41) is 0. The number of nitrogens with two attached hydrogens (primary N) is 1. The van der Waals surface area contributed by atoms with Crippen molar-refractivity contribution in [2.24, 2.45) is 12.8 Å². The normalized spacial score (nSPS) is 12.0. The molecule has 0 aliphatic rings. The zero-order chi connectivity index (χ0) is 12.5. The Morgan fingerprint density at radius 3 is 2.50 bits per heavy atom. The molecule has 7 heteroatoms. The molecule has 0 spiro atoms. The molecule has 0 aromatic carbocycles. The number of nitrogens with zero attached hydrogens (tertiary/aromatic N) is 1. The van der Waals surface area contributed by atoms with E-state index in [2.05, 4.69) is 4.72 Å². The Hall–Kier alpha value is -1.34. The van der Waals surface area contributed by atoms with E-state index < -0.39 is 15.9 Å². The summed E-state index contributed by atoms with van der Waals surface area (Å²) in [7, 11) is -2.12. The molecule has 1 aromatic rings. The van der Waals surface area contributed by atoms with Gasteiger partial charge in [-0.05, 0) is 19.9 Å². The monoisotopic (exact) mass is 245 g/mol. The highest BCUT2D eigenvalue weighted by atomic mass is 32.2. The number of primary amides is 1. The third kappa shape index (κ3) is 2.42. The molecule has 90 valence electrons. The zero-order valence-electron chi connectivity index (χ0n) is 9.39. The molecular formula is C9H15N3O3S. The fraction of sp³-hybridized carbons (Fsp3) is 0.444. The van der Waals surface area contributed by atoms with E-state index in [0.717, 1.165) is 0 Å². The molecule has 0 saturated heterocycles. The average molecular weight is 245 g/mol. The Bertz CT molecular complexity index is 502. The maximum Gasteiger partial charge on any atom is 0.266 e. The molecule has 0 aliphatic carbocycles. The second-order valence-corrected chi connectivity index (χ2v) is 5.46. The van der Waals surface area contributed by atoms with Crippen molar-refractivity contribution in [2.45, 2.75) is 24.8 Å². The Labute approximate surface area is 94.5 Å². The van der Waals surface area contributed by atoms with Crippen LogP contribution in [0.1, 0.15) is 24.3 Å². The third-order valence-electron chi connectivity index (χ3n) is 1.95. The molecule has 1 aromatic heterocycles. The second-order valence-electron chi connectivity index (χ2n) is 3.78. The fourth-order valence-corrected chi connectivity index (χ4v) is 2.88. The number of aryl methyl sites for hydroxylation is 1. The smallest absolute Gasteiger partial charge is 0.266 e. The van der Waals surface area contributed by atoms with Crippen molar-refractivity contribution in [3.63, 3.8) is 0 Å². The maximum absolute atomic E-state index is 11.8. The summed E-state index contributed by atoms with van der Waals surface area (Å²) in [6, 6.07) is 1.11. The average Bonchev–Trinajstić information content (AvgIpc) is 2.44. The van der Waals surface area contributed by atoms with E-state index in [4.69, 9.17) is 5.73 Å². The van der Waals surface area contributed by atoms with Crippen LogP contribution in [0, 0.1) is 0 Å². The Kier molecular flexibility index (Phi) is 3.39. The summed E-state index contributed by atoms with van der Waals surface area (Å²) in [6.07, 6.45) is 1.48. The molecule has 1 rings (SSSR count). The number of rotatable bonds is 4. The number of aromatic nitrogens is 1. The van der Waals surface area contributed by atoms with Crippen molar-refractivity contribution >= 4 is 15.9 Å². The van der Waals surface area contributed by atoms with E-state index in [1.807, 2.05) is 0 Å². The number of amides is 1. The summed E-state index contributed by atoms with van der Waals surface area (Å²) in [6.45, 7) is 3.40. The van der Waals surface area contributed by atoms with Gasteiger partial charge in [0.15, 0.2) is 0 Å². The number of hydrogen-bond donors (Lipinski definition) is 2. The minimum Gasteiger partial charge on any atom is -0.364 e. The molecule has 0 aliphatic heterocycles. The summed E-state index contributed by atoms with van der Waals surface area (Å²) >= 11 is 0. The highest BCUT2D eigenvalue weighted by Crippen LogP contribution is 2.16. The van der Waals surface area contributed by atoms with Gasteiger partial charge in [0.1, 0.15) is 10.6 Å². The van der Waals surface area contributed by atoms with Gasteiger partial charge in [-0.1, -0.05) is 0 Å². The zero-order valence-corrected chi connectivity index (χ0v) is 10.2. The lowest BCUT2D eigenvalue weighted by atomic mass is 10.4. The first-order chi connectivity index (χ1) is 7.25. The van der Waals surface area contributed by atoms with Crippen LogP contribution in [-0.2, 0) is 17.1 Å². The molecule has 1 amide bonds. The molecule has 0 bridgehead atoms. The quantitative estimate of drug-likeness (QED) is 0.769. The van der Waals surface area contributed by atoms with Crippen LogP contribution < -0.4 is 10.5 Å². The Morgan fingerprint density at radius 2 is 2.06 bits per heavy atom. The van der Waals surface area contributed by atoms with Crippen molar-refractivity contribution in [2.75, 3.05) is 0 Å². The van der Waals surface area contributed by atoms with Gasteiger partial charge in [-0.2, -0.15) is 0 Å². The molecule has 0 unspecified atom stereocenters. The van der Waals surface area contributed by atoms with Crippen molar-refractivity contribution in [3.8, 4) is 0 Å². The van der Waals surface area contributed by atoms with E-state index in [0.29, 0.717) is 0 Å². The molecule has 0 radical (unpaired) electrons. The standard InChI is InChI=1S/C9H15N3O3S/c1-6(2)11-16(14,15)7-4-5-12(3)8(7)9(10)13/h4-6,11H,1-3H3,(H2,10,13). The van der Waals surface area contributed by atoms with Gasteiger partial charge in [0.2, 0.25) is 10.0 Å². The number of hydrogen-bond acceptors (Lipinski definition) is 3. The highest BCUT2D eigenvalue weighted by molar-refractivity contribution is 7.89. The SMILES string of the molecule is CC(C)NS(=O)(=O)c1ccn(C)c1C(N)=O. The van der Waals surface area contributed by atoms with E-state index in [1.54, 1.807) is 20.9 Å². The lowest BCUT2D eigenvalue weighted by molar-refractivity contribution is 0.0989. The molecule has 0 fully saturated rings. The second kappa shape index (κ2) is 4.26. The molecule has 3 N–H and O–H groups in total.